The minimum absolute atomic E-state index is 0.299. The molecule has 3 aromatic rings. The number of halogens is 1. The molecule has 0 unspecified atom stereocenters. The monoisotopic (exact) mass is 311 g/mol. The number of rotatable bonds is 4. The van der Waals surface area contributed by atoms with Gasteiger partial charge in [0, 0.05) is 16.5 Å². The molecule has 0 atom stereocenters. The van der Waals surface area contributed by atoms with Gasteiger partial charge < -0.3 is 0 Å². The van der Waals surface area contributed by atoms with Crippen molar-refractivity contribution in [2.75, 3.05) is 5.43 Å². The zero-order valence-corrected chi connectivity index (χ0v) is 12.8. The van der Waals surface area contributed by atoms with E-state index < -0.39 is 0 Å². The SMILES string of the molecule is Cc1ccc(-c2csc(NN=Cc3ccccc3F)n2)cc1. The summed E-state index contributed by atoms with van der Waals surface area (Å²) in [6.07, 6.45) is 1.45. The average molecular weight is 311 g/mol. The summed E-state index contributed by atoms with van der Waals surface area (Å²) in [6, 6.07) is 14.7. The zero-order chi connectivity index (χ0) is 15.4. The third kappa shape index (κ3) is 3.38. The fourth-order valence-electron chi connectivity index (χ4n) is 1.92. The molecule has 0 aliphatic heterocycles. The molecule has 22 heavy (non-hydrogen) atoms. The topological polar surface area (TPSA) is 37.3 Å². The van der Waals surface area contributed by atoms with Crippen molar-refractivity contribution < 1.29 is 4.39 Å². The lowest BCUT2D eigenvalue weighted by molar-refractivity contribution is 0.626. The molecule has 0 spiro atoms. The Bertz CT molecular complexity index is 794. The molecular formula is C17H14FN3S. The zero-order valence-electron chi connectivity index (χ0n) is 12.0. The van der Waals surface area contributed by atoms with Crippen LogP contribution in [0.25, 0.3) is 11.3 Å². The van der Waals surface area contributed by atoms with E-state index in [1.807, 2.05) is 17.5 Å². The van der Waals surface area contributed by atoms with E-state index in [0.29, 0.717) is 10.7 Å². The van der Waals surface area contributed by atoms with Crippen molar-refractivity contribution in [1.29, 1.82) is 0 Å². The summed E-state index contributed by atoms with van der Waals surface area (Å²) in [5.74, 6) is -0.299. The molecule has 0 saturated heterocycles. The highest BCUT2D eigenvalue weighted by molar-refractivity contribution is 7.14. The highest BCUT2D eigenvalue weighted by Gasteiger charge is 2.03. The van der Waals surface area contributed by atoms with E-state index in [9.17, 15) is 4.39 Å². The van der Waals surface area contributed by atoms with E-state index in [4.69, 9.17) is 0 Å². The fourth-order valence-corrected chi connectivity index (χ4v) is 2.59. The maximum Gasteiger partial charge on any atom is 0.203 e. The van der Waals surface area contributed by atoms with Gasteiger partial charge in [0.2, 0.25) is 5.13 Å². The van der Waals surface area contributed by atoms with E-state index in [1.165, 1.54) is 29.2 Å². The number of hydrogen-bond donors (Lipinski definition) is 1. The molecule has 0 fully saturated rings. The van der Waals surface area contributed by atoms with Gasteiger partial charge in [-0.15, -0.1) is 11.3 Å². The second-order valence-corrected chi connectivity index (χ2v) is 5.65. The van der Waals surface area contributed by atoms with Crippen LogP contribution in [0.2, 0.25) is 0 Å². The number of nitrogens with zero attached hydrogens (tertiary/aromatic N) is 2. The molecule has 5 heteroatoms. The lowest BCUT2D eigenvalue weighted by Gasteiger charge is -1.97. The van der Waals surface area contributed by atoms with Crippen molar-refractivity contribution in [3.05, 3.63) is 70.9 Å². The van der Waals surface area contributed by atoms with Gasteiger partial charge in [0.1, 0.15) is 5.82 Å². The maximum absolute atomic E-state index is 13.4. The van der Waals surface area contributed by atoms with Crippen LogP contribution in [0.3, 0.4) is 0 Å². The quantitative estimate of drug-likeness (QED) is 0.560. The summed E-state index contributed by atoms with van der Waals surface area (Å²) in [4.78, 5) is 4.46. The smallest absolute Gasteiger partial charge is 0.203 e. The summed E-state index contributed by atoms with van der Waals surface area (Å²) in [7, 11) is 0. The number of aryl methyl sites for hydroxylation is 1. The normalized spacial score (nSPS) is 11.0. The van der Waals surface area contributed by atoms with Gasteiger partial charge in [-0.05, 0) is 13.0 Å². The number of thiazole rings is 1. The van der Waals surface area contributed by atoms with E-state index in [2.05, 4.69) is 34.6 Å². The van der Waals surface area contributed by atoms with Gasteiger partial charge in [-0.2, -0.15) is 5.10 Å². The molecule has 1 aromatic heterocycles. The van der Waals surface area contributed by atoms with Gasteiger partial charge >= 0.3 is 0 Å². The first-order valence-electron chi connectivity index (χ1n) is 6.78. The van der Waals surface area contributed by atoms with E-state index >= 15 is 0 Å². The summed E-state index contributed by atoms with van der Waals surface area (Å²) in [5.41, 5.74) is 6.44. The molecule has 0 aliphatic carbocycles. The number of benzene rings is 2. The Morgan fingerprint density at radius 3 is 2.68 bits per heavy atom. The molecule has 0 amide bonds. The largest absolute Gasteiger partial charge is 0.253 e. The van der Waals surface area contributed by atoms with Crippen molar-refractivity contribution in [2.24, 2.45) is 5.10 Å². The van der Waals surface area contributed by atoms with Crippen LogP contribution in [0.4, 0.5) is 9.52 Å². The Morgan fingerprint density at radius 2 is 1.91 bits per heavy atom. The Kier molecular flexibility index (Phi) is 4.25. The Morgan fingerprint density at radius 1 is 1.14 bits per heavy atom. The van der Waals surface area contributed by atoms with Crippen LogP contribution in [0, 0.1) is 12.7 Å². The predicted octanol–water partition coefficient (Wildman–Crippen LogP) is 4.70. The molecule has 0 bridgehead atoms. The minimum atomic E-state index is -0.299. The van der Waals surface area contributed by atoms with Crippen LogP contribution in [0.1, 0.15) is 11.1 Å². The number of anilines is 1. The standard InChI is InChI=1S/C17H14FN3S/c1-12-6-8-13(9-7-12)16-11-22-17(20-16)21-19-10-14-4-2-3-5-15(14)18/h2-11H,1H3,(H,20,21). The lowest BCUT2D eigenvalue weighted by atomic mass is 10.1. The number of nitrogens with one attached hydrogen (secondary N) is 1. The number of aromatic nitrogens is 1. The predicted molar refractivity (Wildman–Crippen MR) is 89.9 cm³/mol. The Balaban J connectivity index is 1.70. The van der Waals surface area contributed by atoms with Gasteiger partial charge in [-0.1, -0.05) is 48.0 Å². The molecule has 3 nitrogen and oxygen atoms in total. The summed E-state index contributed by atoms with van der Waals surface area (Å²) < 4.78 is 13.4. The van der Waals surface area contributed by atoms with Crippen molar-refractivity contribution in [1.82, 2.24) is 4.98 Å². The summed E-state index contributed by atoms with van der Waals surface area (Å²) >= 11 is 1.46. The first-order valence-corrected chi connectivity index (χ1v) is 7.66. The van der Waals surface area contributed by atoms with Crippen LogP contribution >= 0.6 is 11.3 Å². The molecule has 1 heterocycles. The van der Waals surface area contributed by atoms with E-state index in [1.54, 1.807) is 18.2 Å². The maximum atomic E-state index is 13.4. The Hall–Kier alpha value is -2.53. The number of hydrazone groups is 1. The molecule has 2 aromatic carbocycles. The first kappa shape index (κ1) is 14.4. The lowest BCUT2D eigenvalue weighted by Crippen LogP contribution is -1.92. The van der Waals surface area contributed by atoms with Crippen molar-refractivity contribution >= 4 is 22.7 Å². The summed E-state index contributed by atoms with van der Waals surface area (Å²) in [6.45, 7) is 2.05. The second kappa shape index (κ2) is 6.49. The third-order valence-corrected chi connectivity index (χ3v) is 3.87. The second-order valence-electron chi connectivity index (χ2n) is 4.80. The van der Waals surface area contributed by atoms with Gasteiger partial charge in [0.25, 0.3) is 0 Å². The molecule has 110 valence electrons. The van der Waals surface area contributed by atoms with Crippen LogP contribution in [0.5, 0.6) is 0 Å². The van der Waals surface area contributed by atoms with Gasteiger partial charge in [-0.25, -0.2) is 9.37 Å². The molecule has 0 radical (unpaired) electrons. The fraction of sp³-hybridized carbons (Fsp3) is 0.0588. The van der Waals surface area contributed by atoms with Gasteiger partial charge in [0.15, 0.2) is 0 Å². The van der Waals surface area contributed by atoms with E-state index in [0.717, 1.165) is 11.3 Å². The number of hydrogen-bond acceptors (Lipinski definition) is 4. The molecule has 3 rings (SSSR count). The van der Waals surface area contributed by atoms with Crippen LogP contribution in [-0.4, -0.2) is 11.2 Å². The van der Waals surface area contributed by atoms with Gasteiger partial charge in [0.05, 0.1) is 11.9 Å². The van der Waals surface area contributed by atoms with Crippen molar-refractivity contribution in [3.63, 3.8) is 0 Å². The average Bonchev–Trinajstić information content (AvgIpc) is 2.99. The van der Waals surface area contributed by atoms with Crippen molar-refractivity contribution in [3.8, 4) is 11.3 Å². The van der Waals surface area contributed by atoms with Gasteiger partial charge in [-0.3, -0.25) is 5.43 Å². The molecular weight excluding hydrogens is 297 g/mol. The highest BCUT2D eigenvalue weighted by Crippen LogP contribution is 2.25. The molecule has 0 aliphatic rings. The van der Waals surface area contributed by atoms with Crippen LogP contribution < -0.4 is 5.43 Å². The first-order chi connectivity index (χ1) is 10.7. The Labute approximate surface area is 132 Å². The van der Waals surface area contributed by atoms with E-state index in [-0.39, 0.29) is 5.82 Å². The third-order valence-electron chi connectivity index (χ3n) is 3.12. The highest BCUT2D eigenvalue weighted by atomic mass is 32.1. The molecule has 1 N–H and O–H groups in total. The molecule has 0 saturated carbocycles. The van der Waals surface area contributed by atoms with Crippen LogP contribution in [-0.2, 0) is 0 Å². The summed E-state index contributed by atoms with van der Waals surface area (Å²) in [5, 5.41) is 6.66. The van der Waals surface area contributed by atoms with Crippen LogP contribution in [0.15, 0.2) is 59.0 Å². The minimum Gasteiger partial charge on any atom is -0.253 e. The van der Waals surface area contributed by atoms with Crippen molar-refractivity contribution in [2.45, 2.75) is 6.92 Å².